The molecule has 5 nitrogen and oxygen atoms in total. The molecule has 0 radical (unpaired) electrons. The van der Waals surface area contributed by atoms with Gasteiger partial charge in [-0.25, -0.2) is 4.79 Å². The minimum absolute atomic E-state index is 0.139. The highest BCUT2D eigenvalue weighted by Crippen LogP contribution is 2.08. The second kappa shape index (κ2) is 6.23. The predicted octanol–water partition coefficient (Wildman–Crippen LogP) is 2.37. The number of aromatic nitrogens is 1. The van der Waals surface area contributed by atoms with E-state index in [0.717, 1.165) is 0 Å². The van der Waals surface area contributed by atoms with Gasteiger partial charge in [-0.05, 0) is 39.8 Å². The van der Waals surface area contributed by atoms with Gasteiger partial charge >= 0.3 is 6.09 Å². The fraction of sp³-hybridized carbons (Fsp3) is 0.538. The first-order chi connectivity index (χ1) is 8.37. The summed E-state index contributed by atoms with van der Waals surface area (Å²) in [5.41, 5.74) is -0.492. The molecule has 100 valence electrons. The van der Waals surface area contributed by atoms with E-state index in [9.17, 15) is 4.79 Å². The third kappa shape index (κ3) is 6.08. The molecule has 0 fully saturated rings. The first-order valence-electron chi connectivity index (χ1n) is 5.89. The molecule has 0 aliphatic carbocycles. The zero-order valence-electron chi connectivity index (χ0n) is 11.3. The van der Waals surface area contributed by atoms with Crippen molar-refractivity contribution < 1.29 is 14.3 Å². The van der Waals surface area contributed by atoms with Crippen LogP contribution >= 0.6 is 0 Å². The maximum Gasteiger partial charge on any atom is 0.407 e. The average molecular weight is 252 g/mol. The molecule has 1 aromatic rings. The summed E-state index contributed by atoms with van der Waals surface area (Å²) in [5.74, 6) is 0.676. The van der Waals surface area contributed by atoms with Crippen molar-refractivity contribution in [2.24, 2.45) is 0 Å². The fourth-order valence-corrected chi connectivity index (χ4v) is 1.20. The molecular weight excluding hydrogens is 232 g/mol. The molecule has 0 aliphatic rings. The van der Waals surface area contributed by atoms with Gasteiger partial charge in [0, 0.05) is 6.20 Å². The van der Waals surface area contributed by atoms with Crippen LogP contribution in [-0.2, 0) is 4.74 Å². The Hall–Kier alpha value is -1.78. The molecule has 0 saturated heterocycles. The van der Waals surface area contributed by atoms with Crippen molar-refractivity contribution in [1.82, 2.24) is 10.3 Å². The van der Waals surface area contributed by atoms with Crippen LogP contribution in [0.25, 0.3) is 0 Å². The Morgan fingerprint density at radius 2 is 2.22 bits per heavy atom. The van der Waals surface area contributed by atoms with Crippen LogP contribution in [0.3, 0.4) is 0 Å². The van der Waals surface area contributed by atoms with Gasteiger partial charge in [-0.2, -0.15) is 0 Å². The molecule has 1 rings (SSSR count). The molecule has 0 saturated carbocycles. The average Bonchev–Trinajstić information content (AvgIpc) is 2.25. The first kappa shape index (κ1) is 14.3. The minimum Gasteiger partial charge on any atom is -0.490 e. The Balaban J connectivity index is 2.29. The smallest absolute Gasteiger partial charge is 0.407 e. The third-order valence-corrected chi connectivity index (χ3v) is 1.90. The highest BCUT2D eigenvalue weighted by atomic mass is 16.6. The zero-order chi connectivity index (χ0) is 13.6. The number of rotatable bonds is 4. The Bertz CT molecular complexity index is 374. The Labute approximate surface area is 108 Å². The molecule has 0 aromatic carbocycles. The predicted molar refractivity (Wildman–Crippen MR) is 68.6 cm³/mol. The van der Waals surface area contributed by atoms with Gasteiger partial charge in [0.25, 0.3) is 0 Å². The lowest BCUT2D eigenvalue weighted by Crippen LogP contribution is -2.40. The van der Waals surface area contributed by atoms with Crippen LogP contribution in [-0.4, -0.2) is 29.3 Å². The van der Waals surface area contributed by atoms with Gasteiger partial charge in [0.05, 0.1) is 12.2 Å². The van der Waals surface area contributed by atoms with Crippen LogP contribution in [0.4, 0.5) is 4.79 Å². The van der Waals surface area contributed by atoms with E-state index in [-0.39, 0.29) is 6.04 Å². The van der Waals surface area contributed by atoms with Crippen LogP contribution in [0.1, 0.15) is 27.7 Å². The highest BCUT2D eigenvalue weighted by Gasteiger charge is 2.17. The number of nitrogens with zero attached hydrogens (tertiary/aromatic N) is 1. The Morgan fingerprint density at radius 1 is 1.50 bits per heavy atom. The van der Waals surface area contributed by atoms with E-state index in [1.807, 2.05) is 33.8 Å². The van der Waals surface area contributed by atoms with Crippen molar-refractivity contribution in [2.75, 3.05) is 6.61 Å². The fourth-order valence-electron chi connectivity index (χ4n) is 1.20. The van der Waals surface area contributed by atoms with Gasteiger partial charge in [-0.1, -0.05) is 0 Å². The highest BCUT2D eigenvalue weighted by molar-refractivity contribution is 5.68. The van der Waals surface area contributed by atoms with E-state index in [1.54, 1.807) is 18.5 Å². The molecule has 18 heavy (non-hydrogen) atoms. The molecule has 1 heterocycles. The molecule has 0 unspecified atom stereocenters. The summed E-state index contributed by atoms with van der Waals surface area (Å²) in [4.78, 5) is 15.4. The van der Waals surface area contributed by atoms with Crippen molar-refractivity contribution >= 4 is 6.09 Å². The van der Waals surface area contributed by atoms with E-state index in [4.69, 9.17) is 9.47 Å². The van der Waals surface area contributed by atoms with Crippen LogP contribution in [0.5, 0.6) is 5.75 Å². The third-order valence-electron chi connectivity index (χ3n) is 1.90. The van der Waals surface area contributed by atoms with Crippen LogP contribution < -0.4 is 10.1 Å². The summed E-state index contributed by atoms with van der Waals surface area (Å²) < 4.78 is 10.6. The monoisotopic (exact) mass is 252 g/mol. The number of ether oxygens (including phenoxy) is 2. The van der Waals surface area contributed by atoms with E-state index in [2.05, 4.69) is 10.3 Å². The van der Waals surface area contributed by atoms with Crippen molar-refractivity contribution in [3.8, 4) is 5.75 Å². The summed E-state index contributed by atoms with van der Waals surface area (Å²) in [5, 5.41) is 2.70. The van der Waals surface area contributed by atoms with Gasteiger partial charge in [0.1, 0.15) is 18.0 Å². The van der Waals surface area contributed by atoms with Crippen molar-refractivity contribution in [2.45, 2.75) is 39.3 Å². The van der Waals surface area contributed by atoms with Crippen molar-refractivity contribution in [3.63, 3.8) is 0 Å². The lowest BCUT2D eigenvalue weighted by molar-refractivity contribution is 0.0494. The molecule has 1 N–H and O–H groups in total. The summed E-state index contributed by atoms with van der Waals surface area (Å²) in [6.07, 6.45) is 2.86. The normalized spacial score (nSPS) is 12.7. The summed E-state index contributed by atoms with van der Waals surface area (Å²) in [6.45, 7) is 7.68. The lowest BCUT2D eigenvalue weighted by atomic mass is 10.2. The number of carbonyl (C=O) groups is 1. The number of pyridine rings is 1. The number of nitrogens with one attached hydrogen (secondary N) is 1. The summed E-state index contributed by atoms with van der Waals surface area (Å²) >= 11 is 0. The standard InChI is InChI=1S/C13H20N2O3/c1-10(15-12(16)18-13(2,3)4)9-17-11-6-5-7-14-8-11/h5-8,10H,9H2,1-4H3,(H,15,16)/t10-/m0/s1. The van der Waals surface area contributed by atoms with E-state index in [1.165, 1.54) is 0 Å². The molecule has 0 aliphatic heterocycles. The number of carbonyl (C=O) groups excluding carboxylic acids is 1. The molecule has 0 bridgehead atoms. The van der Waals surface area contributed by atoms with Gasteiger partial charge in [-0.15, -0.1) is 0 Å². The minimum atomic E-state index is -0.492. The SMILES string of the molecule is C[C@@H](COc1cccnc1)NC(=O)OC(C)(C)C. The maximum atomic E-state index is 11.5. The first-order valence-corrected chi connectivity index (χ1v) is 5.89. The summed E-state index contributed by atoms with van der Waals surface area (Å²) in [6, 6.07) is 3.47. The maximum absolute atomic E-state index is 11.5. The molecule has 1 aromatic heterocycles. The van der Waals surface area contributed by atoms with E-state index < -0.39 is 11.7 Å². The van der Waals surface area contributed by atoms with Crippen LogP contribution in [0, 0.1) is 0 Å². The molecule has 1 amide bonds. The van der Waals surface area contributed by atoms with Gasteiger partial charge in [-0.3, -0.25) is 4.98 Å². The quantitative estimate of drug-likeness (QED) is 0.893. The summed E-state index contributed by atoms with van der Waals surface area (Å²) in [7, 11) is 0. The second-order valence-electron chi connectivity index (χ2n) is 5.05. The Kier molecular flexibility index (Phi) is 4.95. The lowest BCUT2D eigenvalue weighted by Gasteiger charge is -2.22. The van der Waals surface area contributed by atoms with Crippen LogP contribution in [0.15, 0.2) is 24.5 Å². The number of amides is 1. The van der Waals surface area contributed by atoms with Gasteiger partial charge in [0.15, 0.2) is 0 Å². The molecule has 1 atom stereocenters. The molecule has 0 spiro atoms. The second-order valence-corrected chi connectivity index (χ2v) is 5.05. The van der Waals surface area contributed by atoms with Crippen molar-refractivity contribution in [1.29, 1.82) is 0 Å². The number of hydrogen-bond acceptors (Lipinski definition) is 4. The topological polar surface area (TPSA) is 60.5 Å². The van der Waals surface area contributed by atoms with Gasteiger partial charge < -0.3 is 14.8 Å². The Morgan fingerprint density at radius 3 is 2.78 bits per heavy atom. The molecular formula is C13H20N2O3. The van der Waals surface area contributed by atoms with E-state index in [0.29, 0.717) is 12.4 Å². The van der Waals surface area contributed by atoms with Crippen molar-refractivity contribution in [3.05, 3.63) is 24.5 Å². The number of hydrogen-bond donors (Lipinski definition) is 1. The van der Waals surface area contributed by atoms with Gasteiger partial charge in [0.2, 0.25) is 0 Å². The largest absolute Gasteiger partial charge is 0.490 e. The number of alkyl carbamates (subject to hydrolysis) is 1. The zero-order valence-corrected chi connectivity index (χ0v) is 11.3. The van der Waals surface area contributed by atoms with E-state index >= 15 is 0 Å². The van der Waals surface area contributed by atoms with Crippen LogP contribution in [0.2, 0.25) is 0 Å². The molecule has 5 heteroatoms.